The molecule has 1 heterocycles. The Balaban J connectivity index is 2.13. The molecule has 0 aromatic carbocycles. The molecule has 0 amide bonds. The minimum Gasteiger partial charge on any atom is -0.388 e. The van der Waals surface area contributed by atoms with Crippen LogP contribution in [0.5, 0.6) is 0 Å². The van der Waals surface area contributed by atoms with Crippen molar-refractivity contribution in [3.05, 3.63) is 15.6 Å². The molecule has 0 aliphatic heterocycles. The predicted molar refractivity (Wildman–Crippen MR) is 67.9 cm³/mol. The second-order valence-electron chi connectivity index (χ2n) is 4.96. The van der Waals surface area contributed by atoms with Gasteiger partial charge in [0.05, 0.1) is 21.7 Å². The molecule has 16 heavy (non-hydrogen) atoms. The molecule has 0 bridgehead atoms. The van der Waals surface area contributed by atoms with E-state index in [4.69, 9.17) is 0 Å². The first-order valence-electron chi connectivity index (χ1n) is 6.27. The van der Waals surface area contributed by atoms with Crippen LogP contribution in [0.25, 0.3) is 0 Å². The van der Waals surface area contributed by atoms with Crippen LogP contribution >= 0.6 is 11.3 Å². The lowest BCUT2D eigenvalue weighted by Crippen LogP contribution is -1.94. The van der Waals surface area contributed by atoms with Crippen LogP contribution in [-0.4, -0.2) is 10.1 Å². The number of aliphatic hydroxyl groups is 1. The van der Waals surface area contributed by atoms with Crippen LogP contribution in [0.4, 0.5) is 0 Å². The van der Waals surface area contributed by atoms with Gasteiger partial charge in [-0.15, -0.1) is 11.3 Å². The largest absolute Gasteiger partial charge is 0.388 e. The van der Waals surface area contributed by atoms with Crippen LogP contribution < -0.4 is 0 Å². The van der Waals surface area contributed by atoms with Crippen molar-refractivity contribution < 1.29 is 5.11 Å². The fourth-order valence-electron chi connectivity index (χ4n) is 2.66. The molecule has 90 valence electrons. The van der Waals surface area contributed by atoms with Crippen molar-refractivity contribution in [3.63, 3.8) is 0 Å². The molecule has 2 rings (SSSR count). The van der Waals surface area contributed by atoms with Gasteiger partial charge in [0.15, 0.2) is 0 Å². The van der Waals surface area contributed by atoms with Crippen molar-refractivity contribution in [2.24, 2.45) is 5.92 Å². The van der Waals surface area contributed by atoms with E-state index in [1.807, 2.05) is 13.8 Å². The van der Waals surface area contributed by atoms with E-state index < -0.39 is 0 Å². The number of nitrogens with zero attached hydrogens (tertiary/aromatic N) is 1. The maximum absolute atomic E-state index is 9.63. The molecular formula is C13H21NOS. The molecule has 3 heteroatoms. The number of hydrogen-bond donors (Lipinski definition) is 1. The summed E-state index contributed by atoms with van der Waals surface area (Å²) in [4.78, 5) is 5.69. The molecule has 0 saturated heterocycles. The summed E-state index contributed by atoms with van der Waals surface area (Å²) in [5, 5.41) is 10.9. The van der Waals surface area contributed by atoms with E-state index >= 15 is 0 Å². The molecule has 1 aliphatic rings. The maximum Gasteiger partial charge on any atom is 0.0963 e. The Morgan fingerprint density at radius 3 is 2.75 bits per heavy atom. The quantitative estimate of drug-likeness (QED) is 0.870. The van der Waals surface area contributed by atoms with E-state index in [2.05, 4.69) is 11.9 Å². The zero-order valence-electron chi connectivity index (χ0n) is 10.4. The zero-order valence-corrected chi connectivity index (χ0v) is 11.2. The van der Waals surface area contributed by atoms with Crippen molar-refractivity contribution in [1.82, 2.24) is 4.98 Å². The van der Waals surface area contributed by atoms with Crippen LogP contribution in [0.3, 0.4) is 0 Å². The molecule has 3 atom stereocenters. The van der Waals surface area contributed by atoms with Gasteiger partial charge in [0.25, 0.3) is 0 Å². The molecule has 3 unspecified atom stereocenters. The van der Waals surface area contributed by atoms with E-state index in [0.29, 0.717) is 5.92 Å². The van der Waals surface area contributed by atoms with E-state index in [1.54, 1.807) is 11.3 Å². The summed E-state index contributed by atoms with van der Waals surface area (Å²) in [7, 11) is 0. The van der Waals surface area contributed by atoms with Gasteiger partial charge >= 0.3 is 0 Å². The summed E-state index contributed by atoms with van der Waals surface area (Å²) in [6, 6.07) is 0. The highest BCUT2D eigenvalue weighted by Crippen LogP contribution is 2.42. The van der Waals surface area contributed by atoms with Crippen LogP contribution in [0.1, 0.15) is 67.1 Å². The van der Waals surface area contributed by atoms with Gasteiger partial charge in [-0.25, -0.2) is 4.98 Å². The molecule has 1 fully saturated rings. The van der Waals surface area contributed by atoms with Gasteiger partial charge in [-0.2, -0.15) is 0 Å². The minimum absolute atomic E-state index is 0.366. The maximum atomic E-state index is 9.63. The van der Waals surface area contributed by atoms with Crippen LogP contribution in [-0.2, 0) is 0 Å². The molecule has 1 aliphatic carbocycles. The molecule has 1 saturated carbocycles. The number of rotatable bonds is 3. The topological polar surface area (TPSA) is 33.1 Å². The van der Waals surface area contributed by atoms with Crippen LogP contribution in [0, 0.1) is 12.8 Å². The van der Waals surface area contributed by atoms with Gasteiger partial charge in [0.1, 0.15) is 0 Å². The summed E-state index contributed by atoms with van der Waals surface area (Å²) in [6.45, 7) is 6.11. The zero-order chi connectivity index (χ0) is 11.7. The van der Waals surface area contributed by atoms with Crippen molar-refractivity contribution in [3.8, 4) is 0 Å². The fourth-order valence-corrected chi connectivity index (χ4v) is 3.81. The van der Waals surface area contributed by atoms with E-state index in [1.165, 1.54) is 30.7 Å². The van der Waals surface area contributed by atoms with Gasteiger partial charge < -0.3 is 5.11 Å². The number of thiazole rings is 1. The van der Waals surface area contributed by atoms with Crippen LogP contribution in [0.2, 0.25) is 0 Å². The first-order valence-corrected chi connectivity index (χ1v) is 7.08. The Morgan fingerprint density at radius 1 is 1.50 bits per heavy atom. The van der Waals surface area contributed by atoms with Crippen molar-refractivity contribution in [2.45, 2.75) is 58.5 Å². The van der Waals surface area contributed by atoms with Gasteiger partial charge in [-0.1, -0.05) is 13.3 Å². The third-order valence-corrected chi connectivity index (χ3v) is 5.19. The minimum atomic E-state index is -0.366. The normalized spacial score (nSPS) is 27.2. The lowest BCUT2D eigenvalue weighted by molar-refractivity contribution is 0.202. The van der Waals surface area contributed by atoms with Crippen molar-refractivity contribution in [2.75, 3.05) is 0 Å². The molecule has 1 aromatic rings. The Hall–Kier alpha value is -0.410. The lowest BCUT2D eigenvalue weighted by atomic mass is 10.0. The summed E-state index contributed by atoms with van der Waals surface area (Å²) in [6.07, 6.45) is 4.86. The molecule has 0 spiro atoms. The Labute approximate surface area is 102 Å². The molecule has 1 N–H and O–H groups in total. The highest BCUT2D eigenvalue weighted by atomic mass is 32.1. The monoisotopic (exact) mass is 239 g/mol. The number of aromatic nitrogens is 1. The summed E-state index contributed by atoms with van der Waals surface area (Å²) in [5.41, 5.74) is 1.02. The summed E-state index contributed by atoms with van der Waals surface area (Å²) in [5.74, 6) is 1.55. The average Bonchev–Trinajstić information content (AvgIpc) is 2.83. The second-order valence-corrected chi connectivity index (χ2v) is 6.02. The van der Waals surface area contributed by atoms with E-state index in [-0.39, 0.29) is 6.10 Å². The summed E-state index contributed by atoms with van der Waals surface area (Å²) >= 11 is 1.72. The van der Waals surface area contributed by atoms with Gasteiger partial charge in [0, 0.05) is 5.92 Å². The van der Waals surface area contributed by atoms with Crippen molar-refractivity contribution in [1.29, 1.82) is 0 Å². The average molecular weight is 239 g/mol. The predicted octanol–water partition coefficient (Wildman–Crippen LogP) is 3.80. The van der Waals surface area contributed by atoms with Crippen molar-refractivity contribution >= 4 is 11.3 Å². The Kier molecular flexibility index (Phi) is 3.65. The summed E-state index contributed by atoms with van der Waals surface area (Å²) < 4.78 is 0. The fraction of sp³-hybridized carbons (Fsp3) is 0.769. The van der Waals surface area contributed by atoms with Crippen LogP contribution in [0.15, 0.2) is 0 Å². The highest BCUT2D eigenvalue weighted by Gasteiger charge is 2.27. The van der Waals surface area contributed by atoms with Gasteiger partial charge in [-0.05, 0) is 39.0 Å². The lowest BCUT2D eigenvalue weighted by Gasteiger charge is -2.06. The highest BCUT2D eigenvalue weighted by molar-refractivity contribution is 7.11. The Bertz CT molecular complexity index is 359. The van der Waals surface area contributed by atoms with Gasteiger partial charge in [-0.3, -0.25) is 0 Å². The van der Waals surface area contributed by atoms with E-state index in [0.717, 1.165) is 16.5 Å². The first-order chi connectivity index (χ1) is 7.61. The second kappa shape index (κ2) is 4.84. The smallest absolute Gasteiger partial charge is 0.0963 e. The van der Waals surface area contributed by atoms with E-state index in [9.17, 15) is 5.11 Å². The molecule has 2 nitrogen and oxygen atoms in total. The third-order valence-electron chi connectivity index (χ3n) is 3.70. The van der Waals surface area contributed by atoms with Gasteiger partial charge in [0.2, 0.25) is 0 Å². The molecule has 0 radical (unpaired) electrons. The number of aryl methyl sites for hydroxylation is 1. The Morgan fingerprint density at radius 2 is 2.25 bits per heavy atom. The number of hydrogen-bond acceptors (Lipinski definition) is 3. The third kappa shape index (κ3) is 2.30. The first kappa shape index (κ1) is 12.1. The SMILES string of the molecule is CCC1CCC(c2nc(C)c(C(C)O)s2)C1. The standard InChI is InChI=1S/C13H21NOS/c1-4-10-5-6-11(7-10)13-14-8(2)12(16-13)9(3)15/h9-11,15H,4-7H2,1-3H3. The number of aliphatic hydroxyl groups excluding tert-OH is 1. The molecule has 1 aromatic heterocycles. The molecular weight excluding hydrogens is 218 g/mol.